The zero-order valence-electron chi connectivity index (χ0n) is 12.1. The maximum absolute atomic E-state index is 12.0. The molecule has 2 aromatic rings. The highest BCUT2D eigenvalue weighted by Crippen LogP contribution is 2.21. The lowest BCUT2D eigenvalue weighted by Crippen LogP contribution is -2.15. The molecule has 0 radical (unpaired) electrons. The summed E-state index contributed by atoms with van der Waals surface area (Å²) in [6.07, 6.45) is 0. The van der Waals surface area contributed by atoms with Crippen LogP contribution in [-0.2, 0) is 4.79 Å². The average molecular weight is 369 g/mol. The normalized spacial score (nSPS) is 10.9. The minimum Gasteiger partial charge on any atom is -0.325 e. The first-order valence-electron chi connectivity index (χ1n) is 6.57. The Hall–Kier alpha value is -1.34. The highest BCUT2D eigenvalue weighted by molar-refractivity contribution is 9.10. The number of carbonyl (C=O) groups is 1. The lowest BCUT2D eigenvalue weighted by atomic mass is 10.3. The van der Waals surface area contributed by atoms with Gasteiger partial charge in [0.25, 0.3) is 0 Å². The van der Waals surface area contributed by atoms with Crippen molar-refractivity contribution in [2.75, 3.05) is 11.1 Å². The van der Waals surface area contributed by atoms with Gasteiger partial charge in [-0.25, -0.2) is 0 Å². The third-order valence-electron chi connectivity index (χ3n) is 2.81. The van der Waals surface area contributed by atoms with Gasteiger partial charge in [-0.05, 0) is 45.0 Å². The van der Waals surface area contributed by atoms with Crippen molar-refractivity contribution in [3.8, 4) is 0 Å². The van der Waals surface area contributed by atoms with Crippen molar-refractivity contribution in [3.05, 3.63) is 34.6 Å². The van der Waals surface area contributed by atoms with Crippen molar-refractivity contribution in [2.45, 2.75) is 32.0 Å². The zero-order chi connectivity index (χ0) is 15.4. The second-order valence-electron chi connectivity index (χ2n) is 4.84. The smallest absolute Gasteiger partial charge is 0.234 e. The topological polar surface area (TPSA) is 59.8 Å². The minimum atomic E-state index is -0.0571. The molecule has 1 aromatic heterocycles. The van der Waals surface area contributed by atoms with Gasteiger partial charge in [0.05, 0.1) is 5.75 Å². The quantitative estimate of drug-likeness (QED) is 0.818. The molecule has 0 atom stereocenters. The van der Waals surface area contributed by atoms with Gasteiger partial charge in [0.15, 0.2) is 5.16 Å². The lowest BCUT2D eigenvalue weighted by molar-refractivity contribution is -0.113. The summed E-state index contributed by atoms with van der Waals surface area (Å²) in [6.45, 7) is 6.06. The summed E-state index contributed by atoms with van der Waals surface area (Å²) in [4.78, 5) is 12.0. The SMILES string of the molecule is Cc1nnc(SCC(=O)Nc2ccc(Br)cc2)n1C(C)C. The molecule has 0 fully saturated rings. The van der Waals surface area contributed by atoms with E-state index >= 15 is 0 Å². The fourth-order valence-corrected chi connectivity index (χ4v) is 3.08. The Bertz CT molecular complexity index is 624. The summed E-state index contributed by atoms with van der Waals surface area (Å²) < 4.78 is 3.01. The van der Waals surface area contributed by atoms with E-state index in [0.717, 1.165) is 21.1 Å². The van der Waals surface area contributed by atoms with E-state index in [2.05, 4.69) is 45.3 Å². The minimum absolute atomic E-state index is 0.0571. The summed E-state index contributed by atoms with van der Waals surface area (Å²) in [5.74, 6) is 1.11. The van der Waals surface area contributed by atoms with Crippen LogP contribution in [0.3, 0.4) is 0 Å². The molecule has 21 heavy (non-hydrogen) atoms. The number of hydrogen-bond acceptors (Lipinski definition) is 4. The Morgan fingerprint density at radius 2 is 2.00 bits per heavy atom. The predicted octanol–water partition coefficient (Wildman–Crippen LogP) is 3.66. The zero-order valence-corrected chi connectivity index (χ0v) is 14.5. The van der Waals surface area contributed by atoms with Crippen LogP contribution in [0, 0.1) is 6.92 Å². The standard InChI is InChI=1S/C14H17BrN4OS/c1-9(2)19-10(3)17-18-14(19)21-8-13(20)16-12-6-4-11(15)5-7-12/h4-7,9H,8H2,1-3H3,(H,16,20). The van der Waals surface area contributed by atoms with Gasteiger partial charge in [-0.2, -0.15) is 0 Å². The molecule has 0 unspecified atom stereocenters. The largest absolute Gasteiger partial charge is 0.325 e. The number of nitrogens with one attached hydrogen (secondary N) is 1. The van der Waals surface area contributed by atoms with Crippen molar-refractivity contribution in [3.63, 3.8) is 0 Å². The Labute approximate surface area is 136 Å². The van der Waals surface area contributed by atoms with Crippen molar-refractivity contribution >= 4 is 39.3 Å². The average Bonchev–Trinajstić information content (AvgIpc) is 2.80. The van der Waals surface area contributed by atoms with E-state index in [-0.39, 0.29) is 11.9 Å². The van der Waals surface area contributed by atoms with E-state index in [0.29, 0.717) is 5.75 Å². The highest BCUT2D eigenvalue weighted by Gasteiger charge is 2.13. The predicted molar refractivity (Wildman–Crippen MR) is 88.6 cm³/mol. The number of halogens is 1. The third kappa shape index (κ3) is 4.31. The Morgan fingerprint density at radius 3 is 2.62 bits per heavy atom. The molecule has 0 saturated heterocycles. The molecule has 5 nitrogen and oxygen atoms in total. The maximum atomic E-state index is 12.0. The summed E-state index contributed by atoms with van der Waals surface area (Å²) in [7, 11) is 0. The van der Waals surface area contributed by atoms with Gasteiger partial charge in [-0.15, -0.1) is 10.2 Å². The number of hydrogen-bond donors (Lipinski definition) is 1. The van der Waals surface area contributed by atoms with E-state index < -0.39 is 0 Å². The molecule has 0 aliphatic rings. The van der Waals surface area contributed by atoms with Crippen LogP contribution in [0.5, 0.6) is 0 Å². The molecule has 0 aliphatic heterocycles. The number of rotatable bonds is 5. The molecule has 1 aromatic carbocycles. The van der Waals surface area contributed by atoms with Crippen LogP contribution >= 0.6 is 27.7 Å². The van der Waals surface area contributed by atoms with Crippen molar-refractivity contribution in [1.29, 1.82) is 0 Å². The van der Waals surface area contributed by atoms with Gasteiger partial charge in [-0.1, -0.05) is 27.7 Å². The lowest BCUT2D eigenvalue weighted by Gasteiger charge is -2.11. The fraction of sp³-hybridized carbons (Fsp3) is 0.357. The molecule has 0 aliphatic carbocycles. The molecular formula is C14H17BrN4OS. The molecule has 7 heteroatoms. The number of anilines is 1. The molecule has 0 bridgehead atoms. The molecular weight excluding hydrogens is 352 g/mol. The Balaban J connectivity index is 1.94. The number of amides is 1. The summed E-state index contributed by atoms with van der Waals surface area (Å²) >= 11 is 4.76. The Kier molecular flexibility index (Phi) is 5.41. The summed E-state index contributed by atoms with van der Waals surface area (Å²) in [5.41, 5.74) is 0.783. The van der Waals surface area contributed by atoms with E-state index in [1.807, 2.05) is 35.8 Å². The van der Waals surface area contributed by atoms with Gasteiger partial charge in [0, 0.05) is 16.2 Å². The summed E-state index contributed by atoms with van der Waals surface area (Å²) in [5, 5.41) is 11.8. The first-order valence-corrected chi connectivity index (χ1v) is 8.35. The van der Waals surface area contributed by atoms with Crippen LogP contribution in [0.4, 0.5) is 5.69 Å². The number of benzene rings is 1. The van der Waals surface area contributed by atoms with Gasteiger partial charge >= 0.3 is 0 Å². The number of aromatic nitrogens is 3. The van der Waals surface area contributed by atoms with Crippen LogP contribution in [0.2, 0.25) is 0 Å². The number of aryl methyl sites for hydroxylation is 1. The van der Waals surface area contributed by atoms with E-state index in [4.69, 9.17) is 0 Å². The van der Waals surface area contributed by atoms with Gasteiger partial charge in [0.1, 0.15) is 5.82 Å². The second kappa shape index (κ2) is 7.09. The third-order valence-corrected chi connectivity index (χ3v) is 4.28. The van der Waals surface area contributed by atoms with E-state index in [1.165, 1.54) is 11.8 Å². The van der Waals surface area contributed by atoms with E-state index in [9.17, 15) is 4.79 Å². The molecule has 1 heterocycles. The molecule has 1 amide bonds. The molecule has 2 rings (SSSR count). The molecule has 112 valence electrons. The molecule has 1 N–H and O–H groups in total. The first kappa shape index (κ1) is 16.0. The van der Waals surface area contributed by atoms with Gasteiger partial charge in [-0.3, -0.25) is 4.79 Å². The van der Waals surface area contributed by atoms with Crippen molar-refractivity contribution in [1.82, 2.24) is 14.8 Å². The molecule has 0 spiro atoms. The second-order valence-corrected chi connectivity index (χ2v) is 6.70. The van der Waals surface area contributed by atoms with Crippen LogP contribution < -0.4 is 5.32 Å². The van der Waals surface area contributed by atoms with Gasteiger partial charge < -0.3 is 9.88 Å². The van der Waals surface area contributed by atoms with Crippen LogP contribution in [0.25, 0.3) is 0 Å². The maximum Gasteiger partial charge on any atom is 0.234 e. The van der Waals surface area contributed by atoms with Crippen molar-refractivity contribution in [2.24, 2.45) is 0 Å². The monoisotopic (exact) mass is 368 g/mol. The van der Waals surface area contributed by atoms with Crippen molar-refractivity contribution < 1.29 is 4.79 Å². The summed E-state index contributed by atoms with van der Waals surface area (Å²) in [6, 6.07) is 7.76. The highest BCUT2D eigenvalue weighted by atomic mass is 79.9. The van der Waals surface area contributed by atoms with Crippen LogP contribution in [0.15, 0.2) is 33.9 Å². The number of carbonyl (C=O) groups excluding carboxylic acids is 1. The van der Waals surface area contributed by atoms with E-state index in [1.54, 1.807) is 0 Å². The fourth-order valence-electron chi connectivity index (χ4n) is 1.90. The van der Waals surface area contributed by atoms with Crippen LogP contribution in [0.1, 0.15) is 25.7 Å². The van der Waals surface area contributed by atoms with Crippen LogP contribution in [-0.4, -0.2) is 26.4 Å². The van der Waals surface area contributed by atoms with Gasteiger partial charge in [0.2, 0.25) is 5.91 Å². The first-order chi connectivity index (χ1) is 9.97. The number of thioether (sulfide) groups is 1. The number of nitrogens with zero attached hydrogens (tertiary/aromatic N) is 3. The molecule has 0 saturated carbocycles. The Morgan fingerprint density at radius 1 is 1.33 bits per heavy atom.